The molecule has 5 N–H and O–H groups in total. The number of aromatic hydroxyl groups is 1. The van der Waals surface area contributed by atoms with E-state index in [1.54, 1.807) is 0 Å². The molecule has 0 spiro atoms. The number of nitrogens with zero attached hydrogens (tertiary/aromatic N) is 2. The molecule has 1 aliphatic heterocycles. The van der Waals surface area contributed by atoms with Crippen LogP contribution in [0.5, 0.6) is 11.5 Å². The lowest BCUT2D eigenvalue weighted by Gasteiger charge is -2.30. The Bertz CT molecular complexity index is 1460. The Kier molecular flexibility index (Phi) is 5.83. The highest BCUT2D eigenvalue weighted by Gasteiger charge is 2.34. The minimum Gasteiger partial charge on any atom is -0.506 e. The van der Waals surface area contributed by atoms with Gasteiger partial charge in [0, 0.05) is 5.39 Å². The summed E-state index contributed by atoms with van der Waals surface area (Å²) >= 11 is 0. The van der Waals surface area contributed by atoms with Crippen molar-refractivity contribution in [2.75, 3.05) is 13.2 Å². The van der Waals surface area contributed by atoms with E-state index in [4.69, 9.17) is 4.74 Å². The molecule has 0 fully saturated rings. The molecule has 0 bridgehead atoms. The standard InChI is InChI=1S/C22H15F3N4O6/c23-22(24,25)12-4-1-10(2-5-12)14-9-34-19-11(7-26)3-6-13-17(19)29(14)21(33)16(18(13)31)20(32)28-8-15(30)35-27/h1-6,14H,8-9H2,27H3,(H-,28,31,32,33)/p+1. The first-order chi connectivity index (χ1) is 16.6. The Morgan fingerprint density at radius 2 is 1.94 bits per heavy atom. The molecule has 2 aromatic carbocycles. The van der Waals surface area contributed by atoms with Crippen LogP contribution in [0.15, 0.2) is 41.2 Å². The van der Waals surface area contributed by atoms with Crippen molar-refractivity contribution in [1.29, 1.82) is 5.26 Å². The summed E-state index contributed by atoms with van der Waals surface area (Å²) in [5.41, 5.74) is -2.30. The van der Waals surface area contributed by atoms with Crippen molar-refractivity contribution in [1.82, 2.24) is 9.88 Å². The Morgan fingerprint density at radius 3 is 2.54 bits per heavy atom. The maximum Gasteiger partial charge on any atom is 0.416 e. The van der Waals surface area contributed by atoms with Gasteiger partial charge in [0.2, 0.25) is 0 Å². The number of aromatic nitrogens is 1. The number of pyridine rings is 1. The summed E-state index contributed by atoms with van der Waals surface area (Å²) in [5, 5.41) is 22.3. The van der Waals surface area contributed by atoms with Gasteiger partial charge in [0.1, 0.15) is 30.5 Å². The lowest BCUT2D eigenvalue weighted by molar-refractivity contribution is -0.657. The summed E-state index contributed by atoms with van der Waals surface area (Å²) in [5.74, 6) is 0.177. The van der Waals surface area contributed by atoms with Gasteiger partial charge in [-0.2, -0.15) is 24.3 Å². The number of quaternary nitrogens is 1. The van der Waals surface area contributed by atoms with Crippen molar-refractivity contribution >= 4 is 22.8 Å². The Balaban J connectivity index is 1.94. The predicted molar refractivity (Wildman–Crippen MR) is 111 cm³/mol. The molecule has 10 nitrogen and oxygen atoms in total. The van der Waals surface area contributed by atoms with Crippen LogP contribution in [0.2, 0.25) is 0 Å². The molecule has 4 rings (SSSR count). The van der Waals surface area contributed by atoms with Gasteiger partial charge in [-0.25, -0.2) is 4.79 Å². The number of alkyl halides is 3. The molecular weight excluding hydrogens is 473 g/mol. The normalized spacial score (nSPS) is 14.7. The van der Waals surface area contributed by atoms with E-state index >= 15 is 0 Å². The van der Waals surface area contributed by atoms with Gasteiger partial charge in [0.15, 0.2) is 5.75 Å². The molecule has 1 aliphatic rings. The number of amides is 1. The van der Waals surface area contributed by atoms with E-state index in [1.165, 1.54) is 24.3 Å². The van der Waals surface area contributed by atoms with Crippen LogP contribution in [0.4, 0.5) is 13.2 Å². The van der Waals surface area contributed by atoms with Gasteiger partial charge in [0.25, 0.3) is 11.5 Å². The number of nitrogens with one attached hydrogen (secondary N) is 1. The van der Waals surface area contributed by atoms with Gasteiger partial charge in [-0.3, -0.25) is 19.0 Å². The summed E-state index contributed by atoms with van der Waals surface area (Å²) in [4.78, 5) is 41.7. The zero-order chi connectivity index (χ0) is 25.5. The summed E-state index contributed by atoms with van der Waals surface area (Å²) in [6.07, 6.45) is -4.57. The second kappa shape index (κ2) is 8.65. The number of carbonyl (C=O) groups is 2. The number of carbonyl (C=O) groups excluding carboxylic acids is 2. The lowest BCUT2D eigenvalue weighted by atomic mass is 9.99. The zero-order valence-corrected chi connectivity index (χ0v) is 17.7. The largest absolute Gasteiger partial charge is 0.506 e. The number of rotatable bonds is 4. The number of ether oxygens (including phenoxy) is 1. The SMILES string of the molecule is N#Cc1ccc2c(O)c(C(=O)NCC(=O)O[NH3+])c(=O)n3c2c1OCC3c1ccc(C(F)(F)F)cc1. The molecule has 3 aromatic rings. The highest BCUT2D eigenvalue weighted by atomic mass is 19.4. The first-order valence-corrected chi connectivity index (χ1v) is 9.95. The molecule has 0 aliphatic carbocycles. The van der Waals surface area contributed by atoms with Gasteiger partial charge in [-0.1, -0.05) is 12.1 Å². The molecule has 1 atom stereocenters. The highest BCUT2D eigenvalue weighted by Crippen LogP contribution is 2.41. The van der Waals surface area contributed by atoms with Gasteiger partial charge in [-0.15, -0.1) is 0 Å². The Hall–Kier alpha value is -4.57. The lowest BCUT2D eigenvalue weighted by Crippen LogP contribution is -2.53. The molecule has 1 aromatic heterocycles. The summed E-state index contributed by atoms with van der Waals surface area (Å²) in [6.45, 7) is -0.880. The van der Waals surface area contributed by atoms with Crippen LogP contribution < -0.4 is 21.5 Å². The average molecular weight is 489 g/mol. The van der Waals surface area contributed by atoms with Crippen LogP contribution in [-0.2, 0) is 15.8 Å². The van der Waals surface area contributed by atoms with E-state index in [9.17, 15) is 37.9 Å². The molecule has 1 unspecified atom stereocenters. The van der Waals surface area contributed by atoms with E-state index in [0.717, 1.165) is 16.7 Å². The number of benzene rings is 2. The molecule has 2 heterocycles. The van der Waals surface area contributed by atoms with Crippen molar-refractivity contribution in [3.05, 3.63) is 69.0 Å². The zero-order valence-electron chi connectivity index (χ0n) is 17.7. The van der Waals surface area contributed by atoms with Gasteiger partial charge in [0.05, 0.1) is 22.7 Å². The molecular formula is C22H16F3N4O6+. The van der Waals surface area contributed by atoms with Gasteiger partial charge in [-0.05, 0) is 29.8 Å². The van der Waals surface area contributed by atoms with E-state index in [1.807, 2.05) is 6.07 Å². The number of hydrogen-bond acceptors (Lipinski definition) is 7. The molecule has 180 valence electrons. The smallest absolute Gasteiger partial charge is 0.416 e. The quantitative estimate of drug-likeness (QED) is 0.462. The van der Waals surface area contributed by atoms with E-state index < -0.39 is 53.1 Å². The van der Waals surface area contributed by atoms with Crippen LogP contribution in [0, 0.1) is 11.3 Å². The third-order valence-electron chi connectivity index (χ3n) is 5.52. The van der Waals surface area contributed by atoms with Crippen LogP contribution in [0.1, 0.15) is 33.1 Å². The third-order valence-corrected chi connectivity index (χ3v) is 5.52. The summed E-state index contributed by atoms with van der Waals surface area (Å²) in [7, 11) is 0. The number of nitriles is 1. The van der Waals surface area contributed by atoms with E-state index in [-0.39, 0.29) is 34.4 Å². The van der Waals surface area contributed by atoms with E-state index in [0.29, 0.717) is 0 Å². The maximum absolute atomic E-state index is 13.5. The minimum atomic E-state index is -4.57. The summed E-state index contributed by atoms with van der Waals surface area (Å²) in [6, 6.07) is 7.58. The highest BCUT2D eigenvalue weighted by molar-refractivity contribution is 6.04. The van der Waals surface area contributed by atoms with Crippen molar-refractivity contribution in [2.24, 2.45) is 0 Å². The predicted octanol–water partition coefficient (Wildman–Crippen LogP) is 1.01. The first-order valence-electron chi connectivity index (χ1n) is 9.95. The number of halogens is 3. The molecule has 0 saturated carbocycles. The second-order valence-electron chi connectivity index (χ2n) is 7.49. The molecule has 0 saturated heterocycles. The molecule has 1 amide bonds. The van der Waals surface area contributed by atoms with Crippen LogP contribution in [0.3, 0.4) is 0 Å². The van der Waals surface area contributed by atoms with Gasteiger partial charge < -0.3 is 15.2 Å². The van der Waals surface area contributed by atoms with Crippen LogP contribution in [0.25, 0.3) is 10.9 Å². The fourth-order valence-corrected chi connectivity index (χ4v) is 3.86. The van der Waals surface area contributed by atoms with Crippen molar-refractivity contribution in [2.45, 2.75) is 12.2 Å². The number of hydrogen-bond donors (Lipinski definition) is 3. The van der Waals surface area contributed by atoms with Gasteiger partial charge >= 0.3 is 12.1 Å². The Labute approximate surface area is 193 Å². The van der Waals surface area contributed by atoms with E-state index in [2.05, 4.69) is 16.1 Å². The monoisotopic (exact) mass is 489 g/mol. The van der Waals surface area contributed by atoms with Crippen molar-refractivity contribution in [3.8, 4) is 17.6 Å². The molecule has 0 radical (unpaired) electrons. The van der Waals surface area contributed by atoms with Crippen LogP contribution in [-0.4, -0.2) is 34.7 Å². The average Bonchev–Trinajstić information content (AvgIpc) is 2.84. The molecule has 13 heteroatoms. The second-order valence-corrected chi connectivity index (χ2v) is 7.49. The third kappa shape index (κ3) is 4.00. The van der Waals surface area contributed by atoms with Crippen molar-refractivity contribution < 1.29 is 43.3 Å². The first kappa shape index (κ1) is 23.6. The summed E-state index contributed by atoms with van der Waals surface area (Å²) < 4.78 is 45.8. The maximum atomic E-state index is 13.5. The topological polar surface area (TPSA) is 158 Å². The fraction of sp³-hybridized carbons (Fsp3) is 0.182. The van der Waals surface area contributed by atoms with Crippen LogP contribution >= 0.6 is 0 Å². The minimum absolute atomic E-state index is 0.00332. The fourth-order valence-electron chi connectivity index (χ4n) is 3.86. The molecule has 35 heavy (non-hydrogen) atoms. The Morgan fingerprint density at radius 1 is 1.26 bits per heavy atom. The van der Waals surface area contributed by atoms with Crippen molar-refractivity contribution in [3.63, 3.8) is 0 Å².